The summed E-state index contributed by atoms with van der Waals surface area (Å²) >= 11 is 4.63. The molecule has 2 N–H and O–H groups in total. The maximum Gasteiger partial charge on any atom is 0.279 e. The molecular formula is C18H32N2O2S3. The van der Waals surface area contributed by atoms with Gasteiger partial charge in [0.2, 0.25) is 0 Å². The van der Waals surface area contributed by atoms with Gasteiger partial charge in [-0.05, 0) is 25.7 Å². The van der Waals surface area contributed by atoms with Crippen molar-refractivity contribution in [2.75, 3.05) is 23.0 Å². The maximum atomic E-state index is 11.9. The standard InChI is InChI=1S/C18H32N2O2S3/c21-17(19-15-7-3-1-4-8-15)24-13-11-23-12-14-25-18(22)20-16-9-5-2-6-10-16/h15-16H,1-14H2,(H,19,21)(H,20,22). The fraction of sp³-hybridized carbons (Fsp3) is 0.889. The maximum absolute atomic E-state index is 11.9. The molecule has 0 heterocycles. The minimum Gasteiger partial charge on any atom is -0.344 e. The Morgan fingerprint density at radius 1 is 0.640 bits per heavy atom. The fourth-order valence-corrected chi connectivity index (χ4v) is 6.08. The van der Waals surface area contributed by atoms with Crippen LogP contribution in [0.4, 0.5) is 9.59 Å². The Hall–Kier alpha value is -0.0100. The monoisotopic (exact) mass is 404 g/mol. The molecule has 0 aromatic rings. The summed E-state index contributed by atoms with van der Waals surface area (Å²) < 4.78 is 0. The molecule has 25 heavy (non-hydrogen) atoms. The molecular weight excluding hydrogens is 372 g/mol. The predicted octanol–water partition coefficient (Wildman–Crippen LogP) is 5.27. The highest BCUT2D eigenvalue weighted by molar-refractivity contribution is 8.15. The molecule has 0 aromatic carbocycles. The third-order valence-electron chi connectivity index (χ3n) is 4.78. The first kappa shape index (κ1) is 21.3. The Morgan fingerprint density at radius 2 is 1.04 bits per heavy atom. The molecule has 2 rings (SSSR count). The van der Waals surface area contributed by atoms with Gasteiger partial charge in [0.1, 0.15) is 0 Å². The first-order valence-corrected chi connectivity index (χ1v) is 12.8. The SMILES string of the molecule is O=C(NC1CCCCC1)SCCSCCSC(=O)NC1CCCCC1. The summed E-state index contributed by atoms with van der Waals surface area (Å²) in [7, 11) is 0. The molecule has 0 unspecified atom stereocenters. The van der Waals surface area contributed by atoms with Crippen molar-refractivity contribution in [1.29, 1.82) is 0 Å². The summed E-state index contributed by atoms with van der Waals surface area (Å²) in [5.74, 6) is 3.63. The first-order valence-electron chi connectivity index (χ1n) is 9.68. The van der Waals surface area contributed by atoms with Crippen molar-refractivity contribution in [3.63, 3.8) is 0 Å². The van der Waals surface area contributed by atoms with Crippen molar-refractivity contribution < 1.29 is 9.59 Å². The number of carbonyl (C=O) groups is 2. The molecule has 4 nitrogen and oxygen atoms in total. The Bertz CT molecular complexity index is 362. The summed E-state index contributed by atoms with van der Waals surface area (Å²) in [6.07, 6.45) is 12.2. The second kappa shape index (κ2) is 13.2. The van der Waals surface area contributed by atoms with Gasteiger partial charge in [-0.3, -0.25) is 9.59 Å². The van der Waals surface area contributed by atoms with E-state index in [9.17, 15) is 9.59 Å². The third-order valence-corrected chi connectivity index (χ3v) is 7.85. The topological polar surface area (TPSA) is 58.2 Å². The van der Waals surface area contributed by atoms with Gasteiger partial charge in [-0.1, -0.05) is 62.0 Å². The highest BCUT2D eigenvalue weighted by atomic mass is 32.2. The minimum atomic E-state index is 0.133. The number of hydrogen-bond acceptors (Lipinski definition) is 5. The molecule has 7 heteroatoms. The van der Waals surface area contributed by atoms with E-state index in [1.807, 2.05) is 11.8 Å². The van der Waals surface area contributed by atoms with Crippen LogP contribution in [0.2, 0.25) is 0 Å². The number of amides is 2. The smallest absolute Gasteiger partial charge is 0.279 e. The normalized spacial score (nSPS) is 19.5. The molecule has 0 spiro atoms. The molecule has 0 aliphatic heterocycles. The van der Waals surface area contributed by atoms with Crippen LogP contribution in [0.3, 0.4) is 0 Å². The highest BCUT2D eigenvalue weighted by Crippen LogP contribution is 2.20. The molecule has 144 valence electrons. The number of hydrogen-bond donors (Lipinski definition) is 2. The third kappa shape index (κ3) is 10.0. The van der Waals surface area contributed by atoms with Crippen LogP contribution in [0, 0.1) is 0 Å². The van der Waals surface area contributed by atoms with Gasteiger partial charge in [-0.25, -0.2) is 0 Å². The van der Waals surface area contributed by atoms with E-state index in [1.165, 1.54) is 62.0 Å². The lowest BCUT2D eigenvalue weighted by molar-refractivity contribution is 0.252. The first-order chi connectivity index (χ1) is 12.2. The average molecular weight is 405 g/mol. The molecule has 2 saturated carbocycles. The fourth-order valence-electron chi connectivity index (χ4n) is 3.40. The van der Waals surface area contributed by atoms with E-state index in [4.69, 9.17) is 0 Å². The molecule has 2 amide bonds. The van der Waals surface area contributed by atoms with E-state index < -0.39 is 0 Å². The van der Waals surface area contributed by atoms with Gasteiger partial charge in [0.15, 0.2) is 0 Å². The zero-order valence-corrected chi connectivity index (χ0v) is 17.5. The minimum absolute atomic E-state index is 0.133. The molecule has 0 saturated heterocycles. The number of nitrogens with one attached hydrogen (secondary N) is 2. The van der Waals surface area contributed by atoms with Crippen LogP contribution in [0.1, 0.15) is 64.2 Å². The van der Waals surface area contributed by atoms with E-state index in [2.05, 4.69) is 10.6 Å². The number of rotatable bonds is 8. The van der Waals surface area contributed by atoms with Crippen molar-refractivity contribution in [2.45, 2.75) is 76.3 Å². The molecule has 0 aromatic heterocycles. The Morgan fingerprint density at radius 3 is 1.44 bits per heavy atom. The van der Waals surface area contributed by atoms with Crippen LogP contribution in [0.25, 0.3) is 0 Å². The zero-order valence-electron chi connectivity index (χ0n) is 15.1. The van der Waals surface area contributed by atoms with Crippen LogP contribution in [0.15, 0.2) is 0 Å². The largest absolute Gasteiger partial charge is 0.344 e. The summed E-state index contributed by atoms with van der Waals surface area (Å²) in [6.45, 7) is 0. The van der Waals surface area contributed by atoms with Gasteiger partial charge in [0.05, 0.1) is 0 Å². The molecule has 0 bridgehead atoms. The quantitative estimate of drug-likeness (QED) is 0.540. The van der Waals surface area contributed by atoms with Crippen LogP contribution >= 0.6 is 35.3 Å². The Labute approximate surface area is 165 Å². The summed E-state index contributed by atoms with van der Waals surface area (Å²) in [5.41, 5.74) is 0. The molecule has 0 radical (unpaired) electrons. The van der Waals surface area contributed by atoms with Gasteiger partial charge in [0.25, 0.3) is 10.5 Å². The van der Waals surface area contributed by atoms with E-state index in [0.29, 0.717) is 12.1 Å². The zero-order chi connectivity index (χ0) is 17.7. The lowest BCUT2D eigenvalue weighted by atomic mass is 9.96. The summed E-state index contributed by atoms with van der Waals surface area (Å²) in [5, 5.41) is 6.53. The highest BCUT2D eigenvalue weighted by Gasteiger charge is 2.16. The molecule has 2 aliphatic rings. The van der Waals surface area contributed by atoms with Crippen LogP contribution in [-0.4, -0.2) is 45.6 Å². The van der Waals surface area contributed by atoms with Crippen LogP contribution in [-0.2, 0) is 0 Å². The number of carbonyl (C=O) groups excluding carboxylic acids is 2. The van der Waals surface area contributed by atoms with Crippen molar-refractivity contribution in [3.8, 4) is 0 Å². The van der Waals surface area contributed by atoms with E-state index in [1.54, 1.807) is 0 Å². The second-order valence-electron chi connectivity index (χ2n) is 6.84. The summed E-state index contributed by atoms with van der Waals surface area (Å²) in [4.78, 5) is 23.7. The summed E-state index contributed by atoms with van der Waals surface area (Å²) in [6, 6.07) is 0.806. The van der Waals surface area contributed by atoms with Gasteiger partial charge < -0.3 is 10.6 Å². The Balaban J connectivity index is 1.38. The van der Waals surface area contributed by atoms with Crippen molar-refractivity contribution in [1.82, 2.24) is 10.6 Å². The van der Waals surface area contributed by atoms with Gasteiger partial charge >= 0.3 is 0 Å². The predicted molar refractivity (Wildman–Crippen MR) is 113 cm³/mol. The Kier molecular flexibility index (Phi) is 11.2. The van der Waals surface area contributed by atoms with Crippen LogP contribution < -0.4 is 10.6 Å². The molecule has 2 aliphatic carbocycles. The van der Waals surface area contributed by atoms with Gasteiger partial charge in [-0.2, -0.15) is 11.8 Å². The van der Waals surface area contributed by atoms with E-state index >= 15 is 0 Å². The lowest BCUT2D eigenvalue weighted by Crippen LogP contribution is -2.34. The molecule has 2 fully saturated rings. The van der Waals surface area contributed by atoms with Crippen molar-refractivity contribution in [2.24, 2.45) is 0 Å². The van der Waals surface area contributed by atoms with Crippen LogP contribution in [0.5, 0.6) is 0 Å². The van der Waals surface area contributed by atoms with E-state index in [0.717, 1.165) is 48.7 Å². The number of thioether (sulfide) groups is 3. The van der Waals surface area contributed by atoms with Gasteiger partial charge in [0, 0.05) is 35.1 Å². The second-order valence-corrected chi connectivity index (χ2v) is 10.2. The van der Waals surface area contributed by atoms with Crippen molar-refractivity contribution in [3.05, 3.63) is 0 Å². The molecule has 0 atom stereocenters. The van der Waals surface area contributed by atoms with Crippen molar-refractivity contribution >= 4 is 45.8 Å². The lowest BCUT2D eigenvalue weighted by Gasteiger charge is -2.22. The van der Waals surface area contributed by atoms with Gasteiger partial charge in [-0.15, -0.1) is 0 Å². The van der Waals surface area contributed by atoms with E-state index in [-0.39, 0.29) is 10.5 Å². The average Bonchev–Trinajstić information content (AvgIpc) is 2.62.